The number of nitrogens with zero attached hydrogens (tertiary/aromatic N) is 5. The van der Waals surface area contributed by atoms with Crippen molar-refractivity contribution >= 4 is 17.1 Å². The lowest BCUT2D eigenvalue weighted by Crippen LogP contribution is -2.36. The number of imidazole rings is 1. The van der Waals surface area contributed by atoms with E-state index in [4.69, 9.17) is 19.2 Å². The number of hydrogen-bond donors (Lipinski definition) is 1. The van der Waals surface area contributed by atoms with Crippen LogP contribution in [0.5, 0.6) is 11.6 Å². The molecule has 2 aliphatic heterocycles. The average molecular weight is 598 g/mol. The predicted octanol–water partition coefficient (Wildman–Crippen LogP) is 5.04. The molecule has 5 heterocycles. The highest BCUT2D eigenvalue weighted by atomic mass is 19.4. The Morgan fingerprint density at radius 1 is 1.14 bits per heavy atom. The Morgan fingerprint density at radius 3 is 2.56 bits per heavy atom. The first-order chi connectivity index (χ1) is 20.6. The van der Waals surface area contributed by atoms with Gasteiger partial charge in [-0.2, -0.15) is 13.2 Å². The van der Waals surface area contributed by atoms with Gasteiger partial charge in [0, 0.05) is 13.2 Å². The van der Waals surface area contributed by atoms with Gasteiger partial charge in [0.25, 0.3) is 0 Å². The van der Waals surface area contributed by atoms with Crippen molar-refractivity contribution < 1.29 is 37.3 Å². The van der Waals surface area contributed by atoms with Gasteiger partial charge in [-0.1, -0.05) is 12.1 Å². The number of carbonyl (C=O) groups is 1. The number of fused-ring (bicyclic) bond motifs is 2. The van der Waals surface area contributed by atoms with Crippen molar-refractivity contribution in [3.63, 3.8) is 0 Å². The maximum Gasteiger partial charge on any atom is 0.421 e. The molecule has 13 heteroatoms. The zero-order valence-electron chi connectivity index (χ0n) is 23.6. The first-order valence-corrected chi connectivity index (χ1v) is 13.9. The molecule has 2 atom stereocenters. The third kappa shape index (κ3) is 5.87. The summed E-state index contributed by atoms with van der Waals surface area (Å²) in [5.74, 6) is -0.298. The number of carboxylic acid groups (broad SMARTS) is 1. The second-order valence-electron chi connectivity index (χ2n) is 10.7. The van der Waals surface area contributed by atoms with Gasteiger partial charge in [-0.25, -0.2) is 19.7 Å². The fraction of sp³-hybridized carbons (Fsp3) is 0.400. The molecule has 0 radical (unpaired) electrons. The van der Waals surface area contributed by atoms with Gasteiger partial charge in [0.1, 0.15) is 29.3 Å². The number of aromatic carboxylic acids is 1. The Bertz CT molecular complexity index is 1650. The van der Waals surface area contributed by atoms with Crippen LogP contribution in [0.3, 0.4) is 0 Å². The third-order valence-corrected chi connectivity index (χ3v) is 7.97. The smallest absolute Gasteiger partial charge is 0.421 e. The summed E-state index contributed by atoms with van der Waals surface area (Å²) in [7, 11) is 1.53. The van der Waals surface area contributed by atoms with Crippen molar-refractivity contribution in [3.05, 3.63) is 76.4 Å². The van der Waals surface area contributed by atoms with E-state index >= 15 is 0 Å². The van der Waals surface area contributed by atoms with Gasteiger partial charge in [0.15, 0.2) is 11.3 Å². The van der Waals surface area contributed by atoms with E-state index in [0.29, 0.717) is 72.2 Å². The molecule has 0 unspecified atom stereocenters. The Kier molecular flexibility index (Phi) is 7.69. The number of aromatic nitrogens is 4. The molecule has 4 aromatic rings. The number of carboxylic acids is 1. The van der Waals surface area contributed by atoms with Crippen LogP contribution in [0.25, 0.3) is 11.2 Å². The number of hydrogen-bond acceptors (Lipinski definition) is 8. The lowest BCUT2D eigenvalue weighted by Gasteiger charge is -2.35. The third-order valence-electron chi connectivity index (χ3n) is 7.97. The summed E-state index contributed by atoms with van der Waals surface area (Å²) in [5.41, 5.74) is 1.75. The molecule has 6 rings (SSSR count). The highest BCUT2D eigenvalue weighted by Gasteiger charge is 2.38. The largest absolute Gasteiger partial charge is 0.497 e. The Labute approximate surface area is 245 Å². The van der Waals surface area contributed by atoms with E-state index in [2.05, 4.69) is 14.9 Å². The van der Waals surface area contributed by atoms with Gasteiger partial charge < -0.3 is 23.9 Å². The zero-order chi connectivity index (χ0) is 30.3. The maximum absolute atomic E-state index is 14.1. The van der Waals surface area contributed by atoms with Crippen LogP contribution < -0.4 is 9.47 Å². The van der Waals surface area contributed by atoms with E-state index in [1.807, 2.05) is 11.5 Å². The number of benzene rings is 1. The molecular weight excluding hydrogens is 567 g/mol. The van der Waals surface area contributed by atoms with Crippen LogP contribution in [0.2, 0.25) is 0 Å². The van der Waals surface area contributed by atoms with Gasteiger partial charge in [0.2, 0.25) is 5.88 Å². The van der Waals surface area contributed by atoms with Crippen molar-refractivity contribution in [2.45, 2.75) is 57.8 Å². The minimum absolute atomic E-state index is 0.0289. The van der Waals surface area contributed by atoms with Crippen molar-refractivity contribution in [2.75, 3.05) is 20.3 Å². The molecule has 0 saturated carbocycles. The molecular formula is C30H30F3N5O5. The molecule has 0 amide bonds. The molecule has 43 heavy (non-hydrogen) atoms. The highest BCUT2D eigenvalue weighted by Crippen LogP contribution is 2.40. The summed E-state index contributed by atoms with van der Waals surface area (Å²) in [4.78, 5) is 27.2. The molecule has 226 valence electrons. The van der Waals surface area contributed by atoms with E-state index < -0.39 is 23.6 Å². The Hall–Kier alpha value is -4.23. The second-order valence-corrected chi connectivity index (χ2v) is 10.7. The lowest BCUT2D eigenvalue weighted by atomic mass is 9.97. The summed E-state index contributed by atoms with van der Waals surface area (Å²) in [6.07, 6.45) is -3.43. The minimum atomic E-state index is -4.63. The summed E-state index contributed by atoms with van der Waals surface area (Å²) in [6, 6.07) is 10.7. The molecule has 2 aliphatic rings. The van der Waals surface area contributed by atoms with E-state index in [0.717, 1.165) is 12.5 Å². The molecule has 0 spiro atoms. The van der Waals surface area contributed by atoms with Crippen molar-refractivity contribution in [2.24, 2.45) is 0 Å². The lowest BCUT2D eigenvalue weighted by molar-refractivity contribution is -0.139. The van der Waals surface area contributed by atoms with Crippen LogP contribution in [0, 0.1) is 0 Å². The van der Waals surface area contributed by atoms with Crippen LogP contribution in [0.4, 0.5) is 13.2 Å². The standard InChI is InChI=1S/C30H30F3N5O5/c1-17-26-19(13-22(30(31,32)33)28(36-26)43-16-18-3-5-20(41-2)6-4-18)9-11-37(17)15-25-34-23-7-8-24(29(39)40)35-27(23)38(25)14-21-10-12-42-21/h3-8,13,17,21H,9-12,14-16H2,1-2H3,(H,39,40)/t17-,21-/m0/s1. The SMILES string of the molecule is COc1ccc(COc2nc3c(cc2C(F)(F)F)CCN(Cc2nc4ccc(C(=O)O)nc4n2C[C@@H]2CCO2)[C@H]3C)cc1. The number of halogens is 3. The van der Waals surface area contributed by atoms with Gasteiger partial charge in [-0.3, -0.25) is 4.90 Å². The number of alkyl halides is 3. The summed E-state index contributed by atoms with van der Waals surface area (Å²) in [6.45, 7) is 3.78. The molecule has 10 nitrogen and oxygen atoms in total. The molecule has 1 fully saturated rings. The van der Waals surface area contributed by atoms with Crippen LogP contribution in [0.1, 0.15) is 58.1 Å². The van der Waals surface area contributed by atoms with Gasteiger partial charge >= 0.3 is 12.1 Å². The average Bonchev–Trinajstić information content (AvgIpc) is 3.30. The van der Waals surface area contributed by atoms with Crippen molar-refractivity contribution in [1.82, 2.24) is 24.4 Å². The number of ether oxygens (including phenoxy) is 3. The number of rotatable bonds is 9. The first-order valence-electron chi connectivity index (χ1n) is 13.9. The summed E-state index contributed by atoms with van der Waals surface area (Å²) < 4.78 is 60.5. The second kappa shape index (κ2) is 11.5. The minimum Gasteiger partial charge on any atom is -0.497 e. The normalized spacial score (nSPS) is 18.7. The van der Waals surface area contributed by atoms with Gasteiger partial charge in [-0.15, -0.1) is 0 Å². The van der Waals surface area contributed by atoms with E-state index in [1.165, 1.54) is 13.2 Å². The fourth-order valence-corrected chi connectivity index (χ4v) is 5.44. The van der Waals surface area contributed by atoms with Crippen LogP contribution >= 0.6 is 0 Å². The van der Waals surface area contributed by atoms with E-state index in [1.54, 1.807) is 30.3 Å². The molecule has 0 aliphatic carbocycles. The van der Waals surface area contributed by atoms with Gasteiger partial charge in [-0.05, 0) is 61.2 Å². The summed E-state index contributed by atoms with van der Waals surface area (Å²) in [5, 5.41) is 9.47. The molecule has 0 bridgehead atoms. The molecule has 1 saturated heterocycles. The number of pyridine rings is 2. The van der Waals surface area contributed by atoms with Crippen molar-refractivity contribution in [3.8, 4) is 11.6 Å². The molecule has 1 aromatic carbocycles. The summed E-state index contributed by atoms with van der Waals surface area (Å²) >= 11 is 0. The quantitative estimate of drug-likeness (QED) is 0.284. The fourth-order valence-electron chi connectivity index (χ4n) is 5.44. The topological polar surface area (TPSA) is 112 Å². The Balaban J connectivity index is 1.29. The first kappa shape index (κ1) is 28.9. The molecule has 3 aromatic heterocycles. The monoisotopic (exact) mass is 597 g/mol. The van der Waals surface area contributed by atoms with E-state index in [9.17, 15) is 23.1 Å². The molecule has 1 N–H and O–H groups in total. The Morgan fingerprint density at radius 2 is 1.91 bits per heavy atom. The van der Waals surface area contributed by atoms with E-state index in [-0.39, 0.29) is 24.4 Å². The number of methoxy groups -OCH3 is 1. The van der Waals surface area contributed by atoms with Crippen LogP contribution in [-0.4, -0.2) is 61.9 Å². The van der Waals surface area contributed by atoms with Crippen LogP contribution in [0.15, 0.2) is 42.5 Å². The maximum atomic E-state index is 14.1. The highest BCUT2D eigenvalue weighted by molar-refractivity contribution is 5.88. The van der Waals surface area contributed by atoms with Crippen LogP contribution in [-0.2, 0) is 37.0 Å². The predicted molar refractivity (Wildman–Crippen MR) is 148 cm³/mol. The van der Waals surface area contributed by atoms with Gasteiger partial charge in [0.05, 0.1) is 38.0 Å². The zero-order valence-corrected chi connectivity index (χ0v) is 23.6. The van der Waals surface area contributed by atoms with Crippen molar-refractivity contribution in [1.29, 1.82) is 0 Å².